The molecule has 1 heterocycles. The van der Waals surface area contributed by atoms with Gasteiger partial charge in [0, 0.05) is 6.54 Å². The number of benzene rings is 2. The summed E-state index contributed by atoms with van der Waals surface area (Å²) >= 11 is 6.25. The van der Waals surface area contributed by atoms with Gasteiger partial charge in [0.25, 0.3) is 10.0 Å². The van der Waals surface area contributed by atoms with Crippen molar-refractivity contribution < 1.29 is 17.9 Å². The lowest BCUT2D eigenvalue weighted by Gasteiger charge is -2.26. The summed E-state index contributed by atoms with van der Waals surface area (Å²) in [5, 5.41) is 3.13. The van der Waals surface area contributed by atoms with Gasteiger partial charge in [0.05, 0.1) is 22.7 Å². The number of amides is 1. The molecule has 9 heteroatoms. The first-order chi connectivity index (χ1) is 15.8. The number of piperidine rings is 1. The highest BCUT2D eigenvalue weighted by atomic mass is 35.5. The third-order valence-electron chi connectivity index (χ3n) is 5.74. The fourth-order valence-corrected chi connectivity index (χ4v) is 5.53. The Kier molecular flexibility index (Phi) is 9.00. The van der Waals surface area contributed by atoms with E-state index in [0.29, 0.717) is 18.0 Å². The van der Waals surface area contributed by atoms with Crippen LogP contribution in [-0.4, -0.2) is 59.1 Å². The van der Waals surface area contributed by atoms with E-state index in [0.717, 1.165) is 35.9 Å². The number of aryl methyl sites for hydroxylation is 1. The molecule has 2 aromatic carbocycles. The van der Waals surface area contributed by atoms with Gasteiger partial charge in [0.15, 0.2) is 0 Å². The van der Waals surface area contributed by atoms with Gasteiger partial charge in [-0.25, -0.2) is 8.42 Å². The molecule has 0 aromatic heterocycles. The summed E-state index contributed by atoms with van der Waals surface area (Å²) < 4.78 is 33.2. The summed E-state index contributed by atoms with van der Waals surface area (Å²) in [5.41, 5.74) is 1.24. The van der Waals surface area contributed by atoms with Crippen LogP contribution in [0.2, 0.25) is 5.02 Å². The number of carbonyl (C=O) groups excluding carboxylic acids is 1. The fourth-order valence-electron chi connectivity index (χ4n) is 3.86. The van der Waals surface area contributed by atoms with Crippen LogP contribution in [0.5, 0.6) is 5.75 Å². The smallest absolute Gasteiger partial charge is 0.264 e. The number of carbonyl (C=O) groups is 1. The maximum absolute atomic E-state index is 13.4. The van der Waals surface area contributed by atoms with Crippen LogP contribution >= 0.6 is 11.6 Å². The van der Waals surface area contributed by atoms with E-state index in [4.69, 9.17) is 16.3 Å². The molecule has 0 unspecified atom stereocenters. The van der Waals surface area contributed by atoms with Crippen molar-refractivity contribution in [3.05, 3.63) is 53.1 Å². The van der Waals surface area contributed by atoms with Crippen molar-refractivity contribution in [1.82, 2.24) is 10.2 Å². The minimum atomic E-state index is -3.99. The van der Waals surface area contributed by atoms with Crippen molar-refractivity contribution >= 4 is 33.2 Å². The first-order valence-electron chi connectivity index (χ1n) is 11.2. The zero-order valence-electron chi connectivity index (χ0n) is 19.2. The molecule has 0 aliphatic carbocycles. The molecule has 7 nitrogen and oxygen atoms in total. The summed E-state index contributed by atoms with van der Waals surface area (Å²) in [6.07, 6.45) is 4.56. The van der Waals surface area contributed by atoms with Crippen LogP contribution < -0.4 is 14.4 Å². The van der Waals surface area contributed by atoms with Crippen LogP contribution in [0.1, 0.15) is 31.2 Å². The van der Waals surface area contributed by atoms with Crippen molar-refractivity contribution in [2.24, 2.45) is 0 Å². The van der Waals surface area contributed by atoms with E-state index in [1.807, 2.05) is 6.92 Å². The molecule has 1 aliphatic rings. The Morgan fingerprint density at radius 3 is 2.45 bits per heavy atom. The van der Waals surface area contributed by atoms with Crippen molar-refractivity contribution in [3.63, 3.8) is 0 Å². The fraction of sp³-hybridized carbons (Fsp3) is 0.458. The van der Waals surface area contributed by atoms with Gasteiger partial charge < -0.3 is 15.0 Å². The highest BCUT2D eigenvalue weighted by molar-refractivity contribution is 7.92. The van der Waals surface area contributed by atoms with Crippen molar-refractivity contribution in [1.29, 1.82) is 0 Å². The number of ether oxygens (including phenoxy) is 1. The predicted molar refractivity (Wildman–Crippen MR) is 132 cm³/mol. The molecule has 180 valence electrons. The summed E-state index contributed by atoms with van der Waals surface area (Å²) in [6.45, 7) is 5.18. The van der Waals surface area contributed by atoms with Crippen LogP contribution in [0.4, 0.5) is 5.69 Å². The SMILES string of the molecule is COc1ccc(N(CC(=O)NCCCN2CCCCC2)S(=O)(=O)c2ccc(C)cc2)cc1Cl. The first-order valence-corrected chi connectivity index (χ1v) is 13.0. The normalized spacial score (nSPS) is 14.6. The molecule has 1 N–H and O–H groups in total. The molecule has 0 atom stereocenters. The second-order valence-electron chi connectivity index (χ2n) is 8.25. The second kappa shape index (κ2) is 11.7. The summed E-state index contributed by atoms with van der Waals surface area (Å²) in [7, 11) is -2.50. The lowest BCUT2D eigenvalue weighted by Crippen LogP contribution is -2.41. The van der Waals surface area contributed by atoms with Gasteiger partial charge in [-0.1, -0.05) is 35.7 Å². The zero-order valence-corrected chi connectivity index (χ0v) is 20.8. The number of hydrogen-bond donors (Lipinski definition) is 1. The Morgan fingerprint density at radius 2 is 1.82 bits per heavy atom. The molecule has 1 fully saturated rings. The zero-order chi connectivity index (χ0) is 23.8. The Morgan fingerprint density at radius 1 is 1.12 bits per heavy atom. The quantitative estimate of drug-likeness (QED) is 0.509. The summed E-state index contributed by atoms with van der Waals surface area (Å²) in [6, 6.07) is 11.2. The number of nitrogens with zero attached hydrogens (tertiary/aromatic N) is 2. The molecule has 1 saturated heterocycles. The van der Waals surface area contributed by atoms with Crippen LogP contribution in [0.15, 0.2) is 47.4 Å². The standard InChI is InChI=1S/C24H32ClN3O4S/c1-19-7-10-21(11-8-19)33(30,31)28(20-9-12-23(32-2)22(25)17-20)18-24(29)26-13-6-16-27-14-4-3-5-15-27/h7-12,17H,3-6,13-16,18H2,1-2H3,(H,26,29). The average molecular weight is 494 g/mol. The number of anilines is 1. The molecular formula is C24H32ClN3O4S. The van der Waals surface area contributed by atoms with Gasteiger partial charge in [-0.05, 0) is 76.2 Å². The molecule has 0 spiro atoms. The highest BCUT2D eigenvalue weighted by Gasteiger charge is 2.27. The van der Waals surface area contributed by atoms with Crippen molar-refractivity contribution in [3.8, 4) is 5.75 Å². The summed E-state index contributed by atoms with van der Waals surface area (Å²) in [5.74, 6) is 0.0616. The number of hydrogen-bond acceptors (Lipinski definition) is 5. The third kappa shape index (κ3) is 6.85. The number of likely N-dealkylation sites (tertiary alicyclic amines) is 1. The molecule has 1 amide bonds. The Hall–Kier alpha value is -2.29. The Labute approximate surface area is 201 Å². The highest BCUT2D eigenvalue weighted by Crippen LogP contribution is 2.32. The topological polar surface area (TPSA) is 79.0 Å². The second-order valence-corrected chi connectivity index (χ2v) is 10.5. The maximum Gasteiger partial charge on any atom is 0.264 e. The number of halogens is 1. The van der Waals surface area contributed by atoms with E-state index in [9.17, 15) is 13.2 Å². The molecular weight excluding hydrogens is 462 g/mol. The number of rotatable bonds is 10. The van der Waals surface area contributed by atoms with E-state index in [2.05, 4.69) is 10.2 Å². The monoisotopic (exact) mass is 493 g/mol. The number of nitrogens with one attached hydrogen (secondary N) is 1. The van der Waals surface area contributed by atoms with Gasteiger partial charge in [0.2, 0.25) is 5.91 Å². The number of methoxy groups -OCH3 is 1. The van der Waals surface area contributed by atoms with E-state index in [1.165, 1.54) is 32.4 Å². The molecule has 2 aromatic rings. The first kappa shape index (κ1) is 25.3. The Balaban J connectivity index is 1.73. The maximum atomic E-state index is 13.4. The Bertz CT molecular complexity index is 1040. The molecule has 0 bridgehead atoms. The minimum absolute atomic E-state index is 0.109. The average Bonchev–Trinajstić information content (AvgIpc) is 2.81. The summed E-state index contributed by atoms with van der Waals surface area (Å²) in [4.78, 5) is 15.2. The molecule has 1 aliphatic heterocycles. The van der Waals surface area contributed by atoms with E-state index < -0.39 is 10.0 Å². The van der Waals surface area contributed by atoms with Crippen molar-refractivity contribution in [2.75, 3.05) is 44.1 Å². The van der Waals surface area contributed by atoms with Gasteiger partial charge in [-0.3, -0.25) is 9.10 Å². The van der Waals surface area contributed by atoms with E-state index >= 15 is 0 Å². The molecule has 0 saturated carbocycles. The number of sulfonamides is 1. The lowest BCUT2D eigenvalue weighted by molar-refractivity contribution is -0.119. The molecule has 3 rings (SSSR count). The van der Waals surface area contributed by atoms with E-state index in [1.54, 1.807) is 36.4 Å². The lowest BCUT2D eigenvalue weighted by atomic mass is 10.1. The minimum Gasteiger partial charge on any atom is -0.495 e. The van der Waals surface area contributed by atoms with Crippen LogP contribution in [0, 0.1) is 6.92 Å². The van der Waals surface area contributed by atoms with Crippen LogP contribution in [-0.2, 0) is 14.8 Å². The van der Waals surface area contributed by atoms with Crippen LogP contribution in [0.3, 0.4) is 0 Å². The third-order valence-corrected chi connectivity index (χ3v) is 7.82. The van der Waals surface area contributed by atoms with Gasteiger partial charge in [-0.15, -0.1) is 0 Å². The molecule has 0 radical (unpaired) electrons. The van der Waals surface area contributed by atoms with Gasteiger partial charge >= 0.3 is 0 Å². The van der Waals surface area contributed by atoms with Crippen molar-refractivity contribution in [2.45, 2.75) is 37.5 Å². The van der Waals surface area contributed by atoms with Gasteiger partial charge in [0.1, 0.15) is 12.3 Å². The van der Waals surface area contributed by atoms with Crippen LogP contribution in [0.25, 0.3) is 0 Å². The molecule has 33 heavy (non-hydrogen) atoms. The van der Waals surface area contributed by atoms with Gasteiger partial charge in [-0.2, -0.15) is 0 Å². The predicted octanol–water partition coefficient (Wildman–Crippen LogP) is 3.84. The van der Waals surface area contributed by atoms with E-state index in [-0.39, 0.29) is 22.4 Å². The largest absolute Gasteiger partial charge is 0.495 e.